The summed E-state index contributed by atoms with van der Waals surface area (Å²) in [7, 11) is -3.92. The molecule has 0 heterocycles. The van der Waals surface area contributed by atoms with Gasteiger partial charge in [-0.1, -0.05) is 6.92 Å². The fourth-order valence-corrected chi connectivity index (χ4v) is 2.89. The van der Waals surface area contributed by atoms with Crippen molar-refractivity contribution >= 4 is 10.0 Å². The molecular weight excluding hydrogens is 274 g/mol. The first-order chi connectivity index (χ1) is 8.95. The van der Waals surface area contributed by atoms with Crippen LogP contribution in [0.2, 0.25) is 0 Å². The second-order valence-electron chi connectivity index (χ2n) is 4.49. The highest BCUT2D eigenvalue weighted by Crippen LogP contribution is 2.23. The van der Waals surface area contributed by atoms with E-state index >= 15 is 0 Å². The SMILES string of the molecule is CCNS(=O)(=O)c1ccc(F)c(CNC2CC2)c1F. The minimum Gasteiger partial charge on any atom is -0.310 e. The number of hydrogen-bond acceptors (Lipinski definition) is 3. The first kappa shape index (κ1) is 14.4. The molecule has 4 nitrogen and oxygen atoms in total. The van der Waals surface area contributed by atoms with Crippen molar-refractivity contribution in [2.45, 2.75) is 37.2 Å². The van der Waals surface area contributed by atoms with Gasteiger partial charge in [-0.3, -0.25) is 0 Å². The molecule has 2 rings (SSSR count). The van der Waals surface area contributed by atoms with Crippen molar-refractivity contribution in [2.75, 3.05) is 6.54 Å². The zero-order valence-corrected chi connectivity index (χ0v) is 11.4. The van der Waals surface area contributed by atoms with E-state index in [1.165, 1.54) is 0 Å². The van der Waals surface area contributed by atoms with Gasteiger partial charge in [-0.25, -0.2) is 21.9 Å². The van der Waals surface area contributed by atoms with Crippen molar-refractivity contribution in [3.05, 3.63) is 29.3 Å². The topological polar surface area (TPSA) is 58.2 Å². The van der Waals surface area contributed by atoms with E-state index in [-0.39, 0.29) is 24.7 Å². The maximum absolute atomic E-state index is 14.1. The van der Waals surface area contributed by atoms with Crippen molar-refractivity contribution < 1.29 is 17.2 Å². The standard InChI is InChI=1S/C12H16F2N2O2S/c1-2-16-19(17,18)11-6-5-10(13)9(12(11)14)7-15-8-3-4-8/h5-6,8,15-16H,2-4,7H2,1H3. The van der Waals surface area contributed by atoms with E-state index in [0.717, 1.165) is 25.0 Å². The smallest absolute Gasteiger partial charge is 0.243 e. The minimum absolute atomic E-state index is 0.00216. The van der Waals surface area contributed by atoms with E-state index in [9.17, 15) is 17.2 Å². The van der Waals surface area contributed by atoms with Crippen molar-refractivity contribution in [3.8, 4) is 0 Å². The summed E-state index contributed by atoms with van der Waals surface area (Å²) < 4.78 is 53.4. The van der Waals surface area contributed by atoms with E-state index in [0.29, 0.717) is 0 Å². The molecule has 106 valence electrons. The Kier molecular flexibility index (Phi) is 4.17. The van der Waals surface area contributed by atoms with Crippen LogP contribution in [-0.4, -0.2) is 21.0 Å². The van der Waals surface area contributed by atoms with Gasteiger partial charge in [0.05, 0.1) is 0 Å². The lowest BCUT2D eigenvalue weighted by Gasteiger charge is -2.11. The highest BCUT2D eigenvalue weighted by atomic mass is 32.2. The summed E-state index contributed by atoms with van der Waals surface area (Å²) in [5, 5.41) is 2.97. The minimum atomic E-state index is -3.92. The fourth-order valence-electron chi connectivity index (χ4n) is 1.75. The summed E-state index contributed by atoms with van der Waals surface area (Å²) in [6.07, 6.45) is 1.97. The van der Waals surface area contributed by atoms with Crippen molar-refractivity contribution in [2.24, 2.45) is 0 Å². The Labute approximate surface area is 111 Å². The second kappa shape index (κ2) is 5.52. The first-order valence-corrected chi connectivity index (χ1v) is 7.64. The predicted molar refractivity (Wildman–Crippen MR) is 67.1 cm³/mol. The van der Waals surface area contributed by atoms with Gasteiger partial charge < -0.3 is 5.32 Å². The lowest BCUT2D eigenvalue weighted by atomic mass is 10.2. The highest BCUT2D eigenvalue weighted by molar-refractivity contribution is 7.89. The van der Waals surface area contributed by atoms with Crippen LogP contribution in [0.25, 0.3) is 0 Å². The molecule has 0 radical (unpaired) electrons. The van der Waals surface area contributed by atoms with Crippen LogP contribution in [0.1, 0.15) is 25.3 Å². The van der Waals surface area contributed by atoms with Gasteiger partial charge in [-0.15, -0.1) is 0 Å². The van der Waals surface area contributed by atoms with Crippen molar-refractivity contribution in [1.82, 2.24) is 10.0 Å². The van der Waals surface area contributed by atoms with Crippen LogP contribution in [0.3, 0.4) is 0 Å². The molecule has 1 aliphatic carbocycles. The Balaban J connectivity index is 2.32. The molecular formula is C12H16F2N2O2S. The predicted octanol–water partition coefficient (Wildman–Crippen LogP) is 1.51. The van der Waals surface area contributed by atoms with Crippen LogP contribution < -0.4 is 10.0 Å². The molecule has 0 atom stereocenters. The van der Waals surface area contributed by atoms with Crippen LogP contribution >= 0.6 is 0 Å². The molecule has 0 bridgehead atoms. The lowest BCUT2D eigenvalue weighted by Crippen LogP contribution is -2.25. The van der Waals surface area contributed by atoms with Gasteiger partial charge in [0, 0.05) is 24.7 Å². The summed E-state index contributed by atoms with van der Waals surface area (Å²) in [4.78, 5) is -0.511. The van der Waals surface area contributed by atoms with E-state index < -0.39 is 26.6 Å². The molecule has 1 saturated carbocycles. The maximum atomic E-state index is 14.1. The highest BCUT2D eigenvalue weighted by Gasteiger charge is 2.25. The van der Waals surface area contributed by atoms with Crippen LogP contribution in [0.5, 0.6) is 0 Å². The molecule has 0 saturated heterocycles. The third-order valence-electron chi connectivity index (χ3n) is 2.92. The van der Waals surface area contributed by atoms with Crippen molar-refractivity contribution in [3.63, 3.8) is 0 Å². The number of halogens is 2. The van der Waals surface area contributed by atoms with E-state index in [1.807, 2.05) is 0 Å². The summed E-state index contributed by atoms with van der Waals surface area (Å²) >= 11 is 0. The van der Waals surface area contributed by atoms with Gasteiger partial charge in [0.25, 0.3) is 0 Å². The maximum Gasteiger partial charge on any atom is 0.243 e. The molecule has 0 aromatic heterocycles. The number of nitrogens with one attached hydrogen (secondary N) is 2. The van der Waals surface area contributed by atoms with E-state index in [2.05, 4.69) is 10.0 Å². The van der Waals surface area contributed by atoms with Gasteiger partial charge in [-0.05, 0) is 25.0 Å². The monoisotopic (exact) mass is 290 g/mol. The van der Waals surface area contributed by atoms with Crippen LogP contribution in [0, 0.1) is 11.6 Å². The normalized spacial score (nSPS) is 15.7. The largest absolute Gasteiger partial charge is 0.310 e. The molecule has 1 aliphatic rings. The zero-order chi connectivity index (χ0) is 14.0. The molecule has 0 unspecified atom stereocenters. The molecule has 1 aromatic rings. The summed E-state index contributed by atoms with van der Waals surface area (Å²) in [5.74, 6) is -1.75. The molecule has 1 fully saturated rings. The number of hydrogen-bond donors (Lipinski definition) is 2. The Morgan fingerprint density at radius 2 is 2.00 bits per heavy atom. The Morgan fingerprint density at radius 3 is 2.58 bits per heavy atom. The molecule has 1 aromatic carbocycles. The Morgan fingerprint density at radius 1 is 1.32 bits per heavy atom. The quantitative estimate of drug-likeness (QED) is 0.835. The van der Waals surface area contributed by atoms with Gasteiger partial charge in [0.1, 0.15) is 10.7 Å². The molecule has 7 heteroatoms. The Bertz CT molecular complexity index is 571. The van der Waals surface area contributed by atoms with E-state index in [4.69, 9.17) is 0 Å². The van der Waals surface area contributed by atoms with Crippen LogP contribution in [-0.2, 0) is 16.6 Å². The third kappa shape index (κ3) is 3.29. The number of benzene rings is 1. The summed E-state index contributed by atoms with van der Waals surface area (Å²) in [6, 6.07) is 2.22. The van der Waals surface area contributed by atoms with Gasteiger partial charge in [0.15, 0.2) is 5.82 Å². The van der Waals surface area contributed by atoms with Crippen molar-refractivity contribution in [1.29, 1.82) is 0 Å². The summed E-state index contributed by atoms with van der Waals surface area (Å²) in [5.41, 5.74) is -0.231. The Hall–Kier alpha value is -1.05. The molecule has 19 heavy (non-hydrogen) atoms. The third-order valence-corrected chi connectivity index (χ3v) is 4.48. The zero-order valence-electron chi connectivity index (χ0n) is 10.5. The lowest BCUT2D eigenvalue weighted by molar-refractivity contribution is 0.511. The van der Waals surface area contributed by atoms with Crippen LogP contribution in [0.4, 0.5) is 8.78 Å². The van der Waals surface area contributed by atoms with E-state index in [1.54, 1.807) is 6.92 Å². The molecule has 0 amide bonds. The summed E-state index contributed by atoms with van der Waals surface area (Å²) in [6.45, 7) is 1.74. The number of rotatable bonds is 6. The van der Waals surface area contributed by atoms with Crippen LogP contribution in [0.15, 0.2) is 17.0 Å². The van der Waals surface area contributed by atoms with Gasteiger partial charge in [0.2, 0.25) is 10.0 Å². The average molecular weight is 290 g/mol. The fraction of sp³-hybridized carbons (Fsp3) is 0.500. The average Bonchev–Trinajstić information content (AvgIpc) is 3.12. The molecule has 0 spiro atoms. The molecule has 2 N–H and O–H groups in total. The number of sulfonamides is 1. The first-order valence-electron chi connectivity index (χ1n) is 6.15. The molecule has 0 aliphatic heterocycles. The second-order valence-corrected chi connectivity index (χ2v) is 6.23. The van der Waals surface area contributed by atoms with Gasteiger partial charge in [-0.2, -0.15) is 0 Å². The van der Waals surface area contributed by atoms with Gasteiger partial charge >= 0.3 is 0 Å².